The fourth-order valence-electron chi connectivity index (χ4n) is 2.17. The Labute approximate surface area is 127 Å². The van der Waals surface area contributed by atoms with Crippen LogP contribution in [-0.2, 0) is 14.4 Å². The number of carboxylic acids is 1. The number of hydrogen-bond acceptors (Lipinski definition) is 6. The summed E-state index contributed by atoms with van der Waals surface area (Å²) in [5.74, 6) is -1.42. The van der Waals surface area contributed by atoms with E-state index in [9.17, 15) is 19.5 Å². The highest BCUT2D eigenvalue weighted by Crippen LogP contribution is 2.19. The summed E-state index contributed by atoms with van der Waals surface area (Å²) in [6.45, 7) is -0.483. The predicted octanol–water partition coefficient (Wildman–Crippen LogP) is -1.77. The van der Waals surface area contributed by atoms with Crippen LogP contribution in [0.1, 0.15) is 12.8 Å². The maximum Gasteiger partial charge on any atom is 0.322 e. The number of aliphatic hydroxyl groups excluding tert-OH is 1. The molecule has 2 amide bonds. The third-order valence-electron chi connectivity index (χ3n) is 3.23. The van der Waals surface area contributed by atoms with Gasteiger partial charge >= 0.3 is 5.97 Å². The summed E-state index contributed by atoms with van der Waals surface area (Å²) < 4.78 is 0. The highest BCUT2D eigenvalue weighted by Gasteiger charge is 2.40. The van der Waals surface area contributed by atoms with Crippen LogP contribution in [0.25, 0.3) is 0 Å². The maximum absolute atomic E-state index is 12.2. The second kappa shape index (κ2) is 8.20. The van der Waals surface area contributed by atoms with Crippen LogP contribution >= 0.6 is 11.8 Å². The van der Waals surface area contributed by atoms with Crippen molar-refractivity contribution in [2.45, 2.75) is 31.0 Å². The number of thioether (sulfide) groups is 1. The van der Waals surface area contributed by atoms with Gasteiger partial charge in [0.15, 0.2) is 0 Å². The summed E-state index contributed by atoms with van der Waals surface area (Å²) in [5.41, 5.74) is 5.80. The zero-order valence-corrected chi connectivity index (χ0v) is 12.6. The lowest BCUT2D eigenvalue weighted by Crippen LogP contribution is -2.52. The van der Waals surface area contributed by atoms with Gasteiger partial charge in [0.1, 0.15) is 12.6 Å². The van der Waals surface area contributed by atoms with Gasteiger partial charge in [-0.3, -0.25) is 14.4 Å². The van der Waals surface area contributed by atoms with E-state index in [2.05, 4.69) is 5.32 Å². The molecule has 0 unspecified atom stereocenters. The Morgan fingerprint density at radius 3 is 2.71 bits per heavy atom. The summed E-state index contributed by atoms with van der Waals surface area (Å²) in [5, 5.41) is 20.4. The maximum atomic E-state index is 12.2. The highest BCUT2D eigenvalue weighted by atomic mass is 32.2. The molecule has 0 aromatic heterocycles. The number of hydrogen-bond donors (Lipinski definition) is 4. The Kier molecular flexibility index (Phi) is 6.93. The molecule has 120 valence electrons. The zero-order valence-electron chi connectivity index (χ0n) is 11.8. The lowest BCUT2D eigenvalue weighted by atomic mass is 10.1. The number of aliphatic hydroxyl groups is 1. The van der Waals surface area contributed by atoms with Crippen molar-refractivity contribution in [1.29, 1.82) is 0 Å². The Hall–Kier alpha value is -1.32. The number of aliphatic carboxylic acids is 1. The van der Waals surface area contributed by atoms with Crippen LogP contribution in [0.5, 0.6) is 0 Å². The van der Waals surface area contributed by atoms with Crippen LogP contribution in [0.3, 0.4) is 0 Å². The first-order valence-electron chi connectivity index (χ1n) is 6.59. The van der Waals surface area contributed by atoms with Crippen molar-refractivity contribution in [2.75, 3.05) is 25.1 Å². The summed E-state index contributed by atoms with van der Waals surface area (Å²) in [7, 11) is 0. The number of likely N-dealkylation sites (tertiary alicyclic amines) is 1. The van der Waals surface area contributed by atoms with E-state index in [4.69, 9.17) is 10.8 Å². The van der Waals surface area contributed by atoms with Crippen LogP contribution < -0.4 is 11.1 Å². The molecule has 8 nitrogen and oxygen atoms in total. The number of amides is 2. The van der Waals surface area contributed by atoms with E-state index < -0.39 is 42.5 Å². The van der Waals surface area contributed by atoms with Gasteiger partial charge in [0.05, 0.1) is 12.1 Å². The van der Waals surface area contributed by atoms with Gasteiger partial charge in [-0.15, -0.1) is 0 Å². The van der Waals surface area contributed by atoms with Crippen LogP contribution in [-0.4, -0.2) is 76.2 Å². The van der Waals surface area contributed by atoms with E-state index in [1.807, 2.05) is 6.26 Å². The number of β-amino-alcohol motifs (C(OH)–C–C–N with tert-alkyl or cyclic N) is 1. The van der Waals surface area contributed by atoms with E-state index >= 15 is 0 Å². The van der Waals surface area contributed by atoms with Crippen molar-refractivity contribution in [2.24, 2.45) is 5.73 Å². The van der Waals surface area contributed by atoms with Gasteiger partial charge in [-0.2, -0.15) is 11.8 Å². The minimum absolute atomic E-state index is 0.0387. The van der Waals surface area contributed by atoms with E-state index in [1.54, 1.807) is 11.8 Å². The molecule has 0 bridgehead atoms. The summed E-state index contributed by atoms with van der Waals surface area (Å²) >= 11 is 1.56. The molecule has 5 N–H and O–H groups in total. The summed E-state index contributed by atoms with van der Waals surface area (Å²) in [4.78, 5) is 35.9. The van der Waals surface area contributed by atoms with Gasteiger partial charge in [-0.05, 0) is 18.4 Å². The van der Waals surface area contributed by atoms with Crippen LogP contribution in [0.2, 0.25) is 0 Å². The zero-order chi connectivity index (χ0) is 16.0. The molecule has 1 fully saturated rings. The lowest BCUT2D eigenvalue weighted by Gasteiger charge is -2.26. The molecule has 21 heavy (non-hydrogen) atoms. The first kappa shape index (κ1) is 17.7. The second-order valence-corrected chi connectivity index (χ2v) is 5.88. The fourth-order valence-corrected chi connectivity index (χ4v) is 2.66. The van der Waals surface area contributed by atoms with Gasteiger partial charge in [-0.1, -0.05) is 0 Å². The highest BCUT2D eigenvalue weighted by molar-refractivity contribution is 7.98. The molecule has 1 heterocycles. The van der Waals surface area contributed by atoms with Gasteiger partial charge in [-0.25, -0.2) is 0 Å². The van der Waals surface area contributed by atoms with Crippen LogP contribution in [0.15, 0.2) is 0 Å². The Morgan fingerprint density at radius 2 is 2.14 bits per heavy atom. The molecular weight excluding hydrogens is 298 g/mol. The van der Waals surface area contributed by atoms with Crippen LogP contribution in [0.4, 0.5) is 0 Å². The normalized spacial score (nSPS) is 22.9. The van der Waals surface area contributed by atoms with E-state index in [0.717, 1.165) is 5.75 Å². The first-order valence-corrected chi connectivity index (χ1v) is 7.98. The van der Waals surface area contributed by atoms with Crippen molar-refractivity contribution in [3.05, 3.63) is 0 Å². The van der Waals surface area contributed by atoms with Crippen molar-refractivity contribution in [1.82, 2.24) is 10.2 Å². The van der Waals surface area contributed by atoms with E-state index in [1.165, 1.54) is 4.90 Å². The Balaban J connectivity index is 2.67. The monoisotopic (exact) mass is 319 g/mol. The molecule has 0 aromatic carbocycles. The molecule has 1 aliphatic rings. The number of nitrogens with zero attached hydrogens (tertiary/aromatic N) is 1. The topological polar surface area (TPSA) is 133 Å². The SMILES string of the molecule is CSCC[C@H](N)C(=O)N1C[C@H](O)C[C@H]1C(=O)NCC(=O)O. The molecule has 0 aliphatic carbocycles. The van der Waals surface area contributed by atoms with Crippen molar-refractivity contribution >= 4 is 29.5 Å². The minimum atomic E-state index is -1.17. The van der Waals surface area contributed by atoms with Crippen molar-refractivity contribution in [3.63, 3.8) is 0 Å². The van der Waals surface area contributed by atoms with Gasteiger partial charge in [0.25, 0.3) is 0 Å². The molecule has 9 heteroatoms. The number of carbonyl (C=O) groups excluding carboxylic acids is 2. The molecule has 0 saturated carbocycles. The van der Waals surface area contributed by atoms with E-state index in [0.29, 0.717) is 6.42 Å². The van der Waals surface area contributed by atoms with Gasteiger partial charge < -0.3 is 26.2 Å². The summed E-state index contributed by atoms with van der Waals surface area (Å²) in [6, 6.07) is -1.59. The smallest absolute Gasteiger partial charge is 0.322 e. The molecular formula is C12H21N3O5S. The Morgan fingerprint density at radius 1 is 1.48 bits per heavy atom. The average molecular weight is 319 g/mol. The minimum Gasteiger partial charge on any atom is -0.480 e. The van der Waals surface area contributed by atoms with Crippen molar-refractivity contribution < 1.29 is 24.6 Å². The number of carboxylic acid groups (broad SMARTS) is 1. The largest absolute Gasteiger partial charge is 0.480 e. The molecule has 0 aromatic rings. The van der Waals surface area contributed by atoms with Gasteiger partial charge in [0, 0.05) is 13.0 Å². The third-order valence-corrected chi connectivity index (χ3v) is 3.87. The van der Waals surface area contributed by atoms with E-state index in [-0.39, 0.29) is 13.0 Å². The van der Waals surface area contributed by atoms with Crippen LogP contribution in [0, 0.1) is 0 Å². The molecule has 1 aliphatic heterocycles. The second-order valence-electron chi connectivity index (χ2n) is 4.90. The van der Waals surface area contributed by atoms with Gasteiger partial charge in [0.2, 0.25) is 11.8 Å². The summed E-state index contributed by atoms with van der Waals surface area (Å²) in [6.07, 6.45) is 1.67. The number of rotatable bonds is 7. The molecule has 1 rings (SSSR count). The molecule has 0 spiro atoms. The number of nitrogens with one attached hydrogen (secondary N) is 1. The first-order chi connectivity index (χ1) is 9.86. The average Bonchev–Trinajstić information content (AvgIpc) is 2.83. The predicted molar refractivity (Wildman–Crippen MR) is 77.7 cm³/mol. The number of nitrogens with two attached hydrogens (primary N) is 1. The molecule has 3 atom stereocenters. The number of carbonyl (C=O) groups is 3. The standard InChI is InChI=1S/C12H21N3O5S/c1-21-3-2-8(13)12(20)15-6-7(16)4-9(15)11(19)14-5-10(17)18/h7-9,16H,2-6,13H2,1H3,(H,14,19)(H,17,18)/t7-,8+,9+/m1/s1. The Bertz CT molecular complexity index is 406. The molecule has 0 radical (unpaired) electrons. The lowest BCUT2D eigenvalue weighted by molar-refractivity contribution is -0.141. The van der Waals surface area contributed by atoms with Crippen molar-refractivity contribution in [3.8, 4) is 0 Å². The molecule has 1 saturated heterocycles. The fraction of sp³-hybridized carbons (Fsp3) is 0.750. The third kappa shape index (κ3) is 5.18. The quantitative estimate of drug-likeness (QED) is 0.436.